The maximum Gasteiger partial charge on any atom is 0.469 e. The lowest BCUT2D eigenvalue weighted by molar-refractivity contribution is -0.0351. The molecule has 0 fully saturated rings. The molecule has 1 aromatic carbocycles. The van der Waals surface area contributed by atoms with Gasteiger partial charge in [0.05, 0.1) is 0 Å². The van der Waals surface area contributed by atoms with Crippen LogP contribution in [0.4, 0.5) is 5.69 Å². The molecule has 2 N–H and O–H groups in total. The van der Waals surface area contributed by atoms with Crippen LogP contribution in [0.2, 0.25) is 0 Å². The van der Waals surface area contributed by atoms with E-state index in [1.54, 1.807) is 0 Å². The fraction of sp³-hybridized carbons (Fsp3) is 0.300. The summed E-state index contributed by atoms with van der Waals surface area (Å²) in [6.45, 7) is 1.89. The summed E-state index contributed by atoms with van der Waals surface area (Å²) in [6, 6.07) is 9.11. The van der Waals surface area contributed by atoms with Gasteiger partial charge in [-0.2, -0.15) is 0 Å². The van der Waals surface area contributed by atoms with Gasteiger partial charge in [0, 0.05) is 5.69 Å². The summed E-state index contributed by atoms with van der Waals surface area (Å²) in [5.41, 5.74) is 9.30. The number of anilines is 1. The molecule has 0 spiro atoms. The molecule has 0 saturated heterocycles. The van der Waals surface area contributed by atoms with Crippen LogP contribution in [0.3, 0.4) is 0 Å². The number of benzene rings is 1. The first-order valence-corrected chi connectivity index (χ1v) is 4.50. The van der Waals surface area contributed by atoms with E-state index in [4.69, 9.17) is 5.53 Å². The zero-order valence-electron chi connectivity index (χ0n) is 8.01. The van der Waals surface area contributed by atoms with Crippen LogP contribution in [-0.4, -0.2) is 21.8 Å². The SMILES string of the molecule is CCC(Nc1ccccc1)C(O)=[N+]=[N-]. The van der Waals surface area contributed by atoms with Gasteiger partial charge in [0.1, 0.15) is 0 Å². The van der Waals surface area contributed by atoms with Crippen molar-refractivity contribution in [3.8, 4) is 0 Å². The van der Waals surface area contributed by atoms with E-state index in [-0.39, 0.29) is 11.9 Å². The minimum absolute atomic E-state index is 0.295. The fourth-order valence-electron chi connectivity index (χ4n) is 1.15. The second-order valence-corrected chi connectivity index (χ2v) is 2.93. The van der Waals surface area contributed by atoms with E-state index < -0.39 is 0 Å². The first kappa shape index (κ1) is 10.3. The molecule has 4 nitrogen and oxygen atoms in total. The molecule has 1 rings (SSSR count). The van der Waals surface area contributed by atoms with Crippen LogP contribution in [0.1, 0.15) is 13.3 Å². The van der Waals surface area contributed by atoms with E-state index >= 15 is 0 Å². The van der Waals surface area contributed by atoms with Crippen LogP contribution in [0.15, 0.2) is 30.3 Å². The number of para-hydroxylation sites is 1. The van der Waals surface area contributed by atoms with Crippen molar-refractivity contribution in [2.75, 3.05) is 5.32 Å². The van der Waals surface area contributed by atoms with Gasteiger partial charge in [-0.05, 0) is 18.6 Å². The molecule has 1 atom stereocenters. The van der Waals surface area contributed by atoms with Gasteiger partial charge in [-0.25, -0.2) is 0 Å². The Balaban J connectivity index is 2.71. The molecule has 0 saturated carbocycles. The topological polar surface area (TPSA) is 68.7 Å². The Morgan fingerprint density at radius 2 is 2.14 bits per heavy atom. The molecule has 1 unspecified atom stereocenters. The molecular formula is C10H13N3O. The lowest BCUT2D eigenvalue weighted by atomic mass is 10.2. The van der Waals surface area contributed by atoms with Crippen molar-refractivity contribution in [1.29, 1.82) is 0 Å². The molecule has 0 heterocycles. The van der Waals surface area contributed by atoms with Crippen LogP contribution < -0.4 is 5.32 Å². The number of nitrogens with zero attached hydrogens (tertiary/aromatic N) is 2. The predicted octanol–water partition coefficient (Wildman–Crippen LogP) is 2.06. The molecule has 0 radical (unpaired) electrons. The highest BCUT2D eigenvalue weighted by molar-refractivity contribution is 5.77. The summed E-state index contributed by atoms with van der Waals surface area (Å²) in [5, 5.41) is 12.3. The van der Waals surface area contributed by atoms with Crippen LogP contribution in [0.25, 0.3) is 5.53 Å². The lowest BCUT2D eigenvalue weighted by Gasteiger charge is -2.10. The van der Waals surface area contributed by atoms with Crippen molar-refractivity contribution < 1.29 is 9.90 Å². The zero-order valence-corrected chi connectivity index (χ0v) is 8.01. The normalized spacial score (nSPS) is 11.5. The summed E-state index contributed by atoms with van der Waals surface area (Å²) in [5.74, 6) is -0.295. The molecule has 0 bridgehead atoms. The number of hydrogen-bond donors (Lipinski definition) is 2. The van der Waals surface area contributed by atoms with Crippen molar-refractivity contribution >= 4 is 11.6 Å². The monoisotopic (exact) mass is 191 g/mol. The summed E-state index contributed by atoms with van der Waals surface area (Å²) in [4.78, 5) is 2.77. The van der Waals surface area contributed by atoms with E-state index in [1.165, 1.54) is 0 Å². The van der Waals surface area contributed by atoms with E-state index in [2.05, 4.69) is 10.1 Å². The number of aliphatic hydroxyl groups is 1. The third-order valence-electron chi connectivity index (χ3n) is 1.94. The van der Waals surface area contributed by atoms with Gasteiger partial charge in [-0.15, -0.1) is 4.79 Å². The van der Waals surface area contributed by atoms with Gasteiger partial charge in [0.25, 0.3) is 0 Å². The summed E-state index contributed by atoms with van der Waals surface area (Å²) >= 11 is 0. The van der Waals surface area contributed by atoms with E-state index in [9.17, 15) is 5.11 Å². The number of nitrogens with one attached hydrogen (secondary N) is 1. The fourth-order valence-corrected chi connectivity index (χ4v) is 1.15. The Morgan fingerprint density at radius 3 is 2.64 bits per heavy atom. The highest BCUT2D eigenvalue weighted by atomic mass is 16.3. The Kier molecular flexibility index (Phi) is 3.70. The molecule has 74 valence electrons. The van der Waals surface area contributed by atoms with E-state index in [0.717, 1.165) is 5.69 Å². The van der Waals surface area contributed by atoms with Crippen molar-refractivity contribution in [1.82, 2.24) is 0 Å². The van der Waals surface area contributed by atoms with Crippen LogP contribution in [0, 0.1) is 0 Å². The van der Waals surface area contributed by atoms with Gasteiger partial charge in [0.15, 0.2) is 6.04 Å². The van der Waals surface area contributed by atoms with Crippen molar-refractivity contribution in [2.24, 2.45) is 0 Å². The predicted molar refractivity (Wildman–Crippen MR) is 55.4 cm³/mol. The largest absolute Gasteiger partial charge is 0.469 e. The van der Waals surface area contributed by atoms with Crippen LogP contribution >= 0.6 is 0 Å². The smallest absolute Gasteiger partial charge is 0.450 e. The first-order chi connectivity index (χ1) is 6.77. The Labute approximate surface area is 82.8 Å². The molecule has 4 heteroatoms. The number of hydrogen-bond acceptors (Lipinski definition) is 1. The Morgan fingerprint density at radius 1 is 1.50 bits per heavy atom. The number of aliphatic hydroxyl groups excluding tert-OH is 1. The summed E-state index contributed by atoms with van der Waals surface area (Å²) in [7, 11) is 0. The van der Waals surface area contributed by atoms with E-state index in [0.29, 0.717) is 6.42 Å². The molecule has 1 aromatic rings. The van der Waals surface area contributed by atoms with Crippen LogP contribution in [0.5, 0.6) is 0 Å². The highest BCUT2D eigenvalue weighted by Crippen LogP contribution is 2.08. The molecule has 0 aromatic heterocycles. The first-order valence-electron chi connectivity index (χ1n) is 4.50. The lowest BCUT2D eigenvalue weighted by Crippen LogP contribution is -2.29. The quantitative estimate of drug-likeness (QED) is 0.331. The van der Waals surface area contributed by atoms with Gasteiger partial charge >= 0.3 is 5.90 Å². The Hall–Kier alpha value is -1.80. The minimum atomic E-state index is -0.345. The average Bonchev–Trinajstić information content (AvgIpc) is 2.26. The molecule has 0 aliphatic heterocycles. The summed E-state index contributed by atoms with van der Waals surface area (Å²) in [6.07, 6.45) is 0.644. The standard InChI is InChI=1S/C10H13N3O/c1-2-9(10(14)13-11)12-8-6-4-3-5-7-8/h3-7,9,12,14H,2H2,1H3. The van der Waals surface area contributed by atoms with Gasteiger partial charge < -0.3 is 16.0 Å². The third kappa shape index (κ3) is 2.61. The molecule has 14 heavy (non-hydrogen) atoms. The third-order valence-corrected chi connectivity index (χ3v) is 1.94. The van der Waals surface area contributed by atoms with Gasteiger partial charge in [-0.3, -0.25) is 0 Å². The van der Waals surface area contributed by atoms with Crippen LogP contribution in [-0.2, 0) is 0 Å². The number of rotatable bonds is 4. The van der Waals surface area contributed by atoms with Crippen molar-refractivity contribution in [2.45, 2.75) is 19.4 Å². The highest BCUT2D eigenvalue weighted by Gasteiger charge is 2.19. The van der Waals surface area contributed by atoms with Gasteiger partial charge in [-0.1, -0.05) is 25.1 Å². The molecule has 0 aliphatic carbocycles. The zero-order chi connectivity index (χ0) is 10.4. The second kappa shape index (κ2) is 5.04. The second-order valence-electron chi connectivity index (χ2n) is 2.93. The van der Waals surface area contributed by atoms with E-state index in [1.807, 2.05) is 37.3 Å². The minimum Gasteiger partial charge on any atom is -0.450 e. The summed E-state index contributed by atoms with van der Waals surface area (Å²) < 4.78 is 0. The molecule has 0 amide bonds. The maximum atomic E-state index is 9.22. The molecule has 0 aliphatic rings. The van der Waals surface area contributed by atoms with Crippen molar-refractivity contribution in [3.05, 3.63) is 35.9 Å². The van der Waals surface area contributed by atoms with Crippen molar-refractivity contribution in [3.63, 3.8) is 0 Å². The maximum absolute atomic E-state index is 9.22. The Bertz CT molecular complexity index is 330. The average molecular weight is 191 g/mol. The molecular weight excluding hydrogens is 178 g/mol. The van der Waals surface area contributed by atoms with Gasteiger partial charge in [0.2, 0.25) is 0 Å².